The van der Waals surface area contributed by atoms with E-state index in [4.69, 9.17) is 18.6 Å². The Labute approximate surface area is 136 Å². The molecule has 0 saturated heterocycles. The first-order valence-electron chi connectivity index (χ1n) is 6.48. The first kappa shape index (κ1) is 22.2. The molecule has 0 spiro atoms. The van der Waals surface area contributed by atoms with E-state index in [0.717, 1.165) is 0 Å². The molecule has 0 N–H and O–H groups in total. The normalized spacial score (nSPS) is 10.7. The Hall–Kier alpha value is 0.874. The summed E-state index contributed by atoms with van der Waals surface area (Å²) in [6.07, 6.45) is 0. The SMILES string of the molecule is CC(C)P(=[N-])(C(C)C)C(C)C.[Cl][Ti][Cl].c1cc[cH-]c1. The van der Waals surface area contributed by atoms with E-state index in [1.165, 1.54) is 0 Å². The van der Waals surface area contributed by atoms with Crippen LogP contribution in [-0.4, -0.2) is 17.0 Å². The third-order valence-corrected chi connectivity index (χ3v) is 8.00. The van der Waals surface area contributed by atoms with Crippen molar-refractivity contribution in [3.05, 3.63) is 35.5 Å². The molecule has 0 aliphatic rings. The second-order valence-electron chi connectivity index (χ2n) is 5.11. The van der Waals surface area contributed by atoms with Gasteiger partial charge in [0.1, 0.15) is 0 Å². The summed E-state index contributed by atoms with van der Waals surface area (Å²) in [4.78, 5) is 0. The number of rotatable bonds is 3. The maximum Gasteiger partial charge on any atom is -0.172 e. The minimum Gasteiger partial charge on any atom is -0.214 e. The summed E-state index contributed by atoms with van der Waals surface area (Å²) in [6.45, 7) is 12.8. The minimum atomic E-state index is -1.69. The maximum absolute atomic E-state index is 10.4. The van der Waals surface area contributed by atoms with Crippen LogP contribution in [0.4, 0.5) is 0 Å². The van der Waals surface area contributed by atoms with Crippen molar-refractivity contribution in [3.63, 3.8) is 0 Å². The molecule has 0 unspecified atom stereocenters. The monoisotopic (exact) mass is 357 g/mol. The molecule has 5 heteroatoms. The van der Waals surface area contributed by atoms with Crippen molar-refractivity contribution < 1.29 is 17.0 Å². The van der Waals surface area contributed by atoms with E-state index in [-0.39, 0.29) is 0 Å². The molecule has 0 aliphatic heterocycles. The fourth-order valence-electron chi connectivity index (χ4n) is 2.11. The standard InChI is InChI=1S/C9H21NP.C5H5.2ClH.Ti/c1-7(2)11(10,8(3)4)9(5)6;1-2-4-5-3-1;;;/h7-9H,1-6H3;1-5H;2*1H;/q2*-1;;;+2/p-2. The molecule has 19 heavy (non-hydrogen) atoms. The van der Waals surface area contributed by atoms with Gasteiger partial charge in [0.2, 0.25) is 0 Å². The summed E-state index contributed by atoms with van der Waals surface area (Å²) in [5.41, 5.74) is 1.34. The van der Waals surface area contributed by atoms with Crippen LogP contribution in [-0.2, 0) is 17.0 Å². The summed E-state index contributed by atoms with van der Waals surface area (Å²) < 4.78 is 0. The van der Waals surface area contributed by atoms with Crippen LogP contribution in [0.25, 0.3) is 5.16 Å². The number of hydrogen-bond acceptors (Lipinski definition) is 0. The molecule has 1 nitrogen and oxygen atoms in total. The maximum atomic E-state index is 10.4. The fraction of sp³-hybridized carbons (Fsp3) is 0.643. The van der Waals surface area contributed by atoms with E-state index in [0.29, 0.717) is 17.0 Å². The number of hydrogen-bond donors (Lipinski definition) is 0. The average molecular weight is 358 g/mol. The summed E-state index contributed by atoms with van der Waals surface area (Å²) >= 11 is -0.556. The molecular formula is C14H26Cl2NPTi-2. The molecule has 1 rings (SSSR count). The van der Waals surface area contributed by atoms with Crippen molar-refractivity contribution in [3.8, 4) is 0 Å². The van der Waals surface area contributed by atoms with Crippen LogP contribution in [0.2, 0.25) is 0 Å². The van der Waals surface area contributed by atoms with Gasteiger partial charge >= 0.3 is 35.6 Å². The molecule has 0 atom stereocenters. The molecule has 1 aromatic carbocycles. The molecule has 0 aliphatic carbocycles. The van der Waals surface area contributed by atoms with Crippen LogP contribution < -0.4 is 0 Å². The molecule has 0 aromatic heterocycles. The first-order valence-corrected chi connectivity index (χ1v) is 12.7. The van der Waals surface area contributed by atoms with Crippen molar-refractivity contribution in [2.75, 3.05) is 0 Å². The molecule has 112 valence electrons. The van der Waals surface area contributed by atoms with Gasteiger partial charge in [0.05, 0.1) is 0 Å². The zero-order valence-electron chi connectivity index (χ0n) is 12.8. The second kappa shape index (κ2) is 12.6. The van der Waals surface area contributed by atoms with Crippen LogP contribution in [0.3, 0.4) is 0 Å². The Balaban J connectivity index is 0. The van der Waals surface area contributed by atoms with Crippen LogP contribution in [0.15, 0.2) is 30.3 Å². The van der Waals surface area contributed by atoms with Crippen molar-refractivity contribution in [2.45, 2.75) is 58.5 Å². The molecule has 0 amide bonds. The van der Waals surface area contributed by atoms with E-state index < -0.39 is 24.1 Å². The van der Waals surface area contributed by atoms with Crippen LogP contribution in [0.5, 0.6) is 0 Å². The smallest absolute Gasteiger partial charge is 0.172 e. The Morgan fingerprint density at radius 2 is 1.16 bits per heavy atom. The van der Waals surface area contributed by atoms with Gasteiger partial charge in [-0.05, 0) is 17.0 Å². The Morgan fingerprint density at radius 1 is 0.895 bits per heavy atom. The average Bonchev–Trinajstić information content (AvgIpc) is 2.86. The largest absolute Gasteiger partial charge is 0.214 e. The van der Waals surface area contributed by atoms with E-state index in [1.54, 1.807) is 0 Å². The third kappa shape index (κ3) is 9.43. The van der Waals surface area contributed by atoms with Crippen LogP contribution in [0, 0.1) is 0 Å². The fourth-order valence-corrected chi connectivity index (χ4v) is 5.69. The Kier molecular flexibility index (Phi) is 14.7. The zero-order chi connectivity index (χ0) is 15.5. The second-order valence-corrected chi connectivity index (χ2v) is 12.4. The quantitative estimate of drug-likeness (QED) is 0.323. The van der Waals surface area contributed by atoms with Gasteiger partial charge in [0.15, 0.2) is 0 Å². The third-order valence-electron chi connectivity index (χ3n) is 3.04. The molecule has 0 saturated carbocycles. The van der Waals surface area contributed by atoms with Crippen molar-refractivity contribution >= 4 is 25.7 Å². The van der Waals surface area contributed by atoms with Crippen LogP contribution >= 0.6 is 25.7 Å². The topological polar surface area (TPSA) is 22.3 Å². The van der Waals surface area contributed by atoms with Gasteiger partial charge in [-0.15, -0.1) is 0 Å². The predicted octanol–water partition coefficient (Wildman–Crippen LogP) is 6.76. The molecule has 0 radical (unpaired) electrons. The van der Waals surface area contributed by atoms with Crippen LogP contribution in [0.1, 0.15) is 41.5 Å². The Bertz CT molecular complexity index is 278. The van der Waals surface area contributed by atoms with Gasteiger partial charge in [-0.2, -0.15) is 18.2 Å². The van der Waals surface area contributed by atoms with Gasteiger partial charge in [-0.25, -0.2) is 19.2 Å². The van der Waals surface area contributed by atoms with E-state index in [2.05, 4.69) is 41.5 Å². The van der Waals surface area contributed by atoms with E-state index >= 15 is 0 Å². The number of halogens is 2. The summed E-state index contributed by atoms with van der Waals surface area (Å²) in [6, 6.07) is 10.0. The molecule has 0 bridgehead atoms. The molecule has 0 fully saturated rings. The summed E-state index contributed by atoms with van der Waals surface area (Å²) in [5, 5.41) is 10.4. The van der Waals surface area contributed by atoms with E-state index in [1.807, 2.05) is 30.3 Å². The molecule has 0 heterocycles. The predicted molar refractivity (Wildman–Crippen MR) is 89.4 cm³/mol. The van der Waals surface area contributed by atoms with Gasteiger partial charge in [-0.1, -0.05) is 41.5 Å². The number of nitrogens with zero attached hydrogens (tertiary/aromatic N) is 1. The van der Waals surface area contributed by atoms with Gasteiger partial charge < -0.3 is 5.16 Å². The van der Waals surface area contributed by atoms with Crippen molar-refractivity contribution in [2.24, 2.45) is 0 Å². The summed E-state index contributed by atoms with van der Waals surface area (Å²) in [7, 11) is 8.09. The summed E-state index contributed by atoms with van der Waals surface area (Å²) in [5.74, 6) is 0. The van der Waals surface area contributed by atoms with Crippen molar-refractivity contribution in [1.82, 2.24) is 0 Å². The molecule has 1 aromatic rings. The van der Waals surface area contributed by atoms with E-state index in [9.17, 15) is 5.16 Å². The van der Waals surface area contributed by atoms with Gasteiger partial charge in [0, 0.05) is 0 Å². The Morgan fingerprint density at radius 3 is 1.21 bits per heavy atom. The van der Waals surface area contributed by atoms with Gasteiger partial charge in [-0.3, -0.25) is 0 Å². The minimum absolute atomic E-state index is 0.447. The zero-order valence-corrected chi connectivity index (χ0v) is 16.7. The van der Waals surface area contributed by atoms with Crippen molar-refractivity contribution in [1.29, 1.82) is 0 Å². The molecular weight excluding hydrogens is 332 g/mol. The van der Waals surface area contributed by atoms with Gasteiger partial charge in [0.25, 0.3) is 0 Å². The first-order chi connectivity index (χ1) is 8.74.